The van der Waals surface area contributed by atoms with Crippen molar-refractivity contribution in [2.75, 3.05) is 13.1 Å². The van der Waals surface area contributed by atoms with Gasteiger partial charge in [-0.3, -0.25) is 9.69 Å². The zero-order valence-corrected chi connectivity index (χ0v) is 19.5. The molecule has 4 nitrogen and oxygen atoms in total. The lowest BCUT2D eigenvalue weighted by Gasteiger charge is -2.37. The maximum Gasteiger partial charge on any atom is 0.307 e. The second kappa shape index (κ2) is 8.82. The molecule has 2 aromatic rings. The van der Waals surface area contributed by atoms with Crippen molar-refractivity contribution >= 4 is 16.7 Å². The Morgan fingerprint density at radius 3 is 2.39 bits per heavy atom. The van der Waals surface area contributed by atoms with Crippen molar-refractivity contribution in [3.63, 3.8) is 0 Å². The molecule has 4 heteroatoms. The van der Waals surface area contributed by atoms with Gasteiger partial charge in [-0.15, -0.1) is 0 Å². The fraction of sp³-hybridized carbons (Fsp3) is 0.593. The third-order valence-electron chi connectivity index (χ3n) is 7.52. The third-order valence-corrected chi connectivity index (χ3v) is 7.52. The van der Waals surface area contributed by atoms with Gasteiger partial charge in [-0.05, 0) is 79.3 Å². The molecule has 2 aromatic carbocycles. The molecule has 2 fully saturated rings. The highest BCUT2D eigenvalue weighted by atomic mass is 16.5. The highest BCUT2D eigenvalue weighted by molar-refractivity contribution is 5.90. The molecule has 1 aliphatic carbocycles. The Labute approximate surface area is 186 Å². The molecule has 0 spiro atoms. The van der Waals surface area contributed by atoms with E-state index >= 15 is 0 Å². The van der Waals surface area contributed by atoms with Crippen LogP contribution >= 0.6 is 0 Å². The summed E-state index contributed by atoms with van der Waals surface area (Å²) in [6.07, 6.45) is 5.66. The Balaban J connectivity index is 1.58. The highest BCUT2D eigenvalue weighted by Gasteiger charge is 2.32. The molecular formula is C27H37NO3. The molecule has 0 radical (unpaired) electrons. The maximum atomic E-state index is 11.4. The van der Waals surface area contributed by atoms with Crippen molar-refractivity contribution in [2.24, 2.45) is 17.3 Å². The number of benzene rings is 2. The standard InChI is InChI=1S/C27H37NO3/c1-18-15-25(31-21-11-9-20(10-12-21)27(2,3)4)24(23-8-6-5-7-22(18)23)17-28-14-13-19(16-28)26(29)30/h5-8,15,19-21H,9-14,16-17H2,1-4H3,(H,29,30)/t19-,20-,21-/m0/s1. The van der Waals surface area contributed by atoms with Gasteiger partial charge in [0.05, 0.1) is 12.0 Å². The van der Waals surface area contributed by atoms with Crippen LogP contribution in [0.3, 0.4) is 0 Å². The van der Waals surface area contributed by atoms with Crippen molar-refractivity contribution in [1.29, 1.82) is 0 Å². The van der Waals surface area contributed by atoms with Crippen molar-refractivity contribution in [3.05, 3.63) is 41.5 Å². The zero-order chi connectivity index (χ0) is 22.2. The summed E-state index contributed by atoms with van der Waals surface area (Å²) in [5, 5.41) is 11.9. The first-order valence-electron chi connectivity index (χ1n) is 11.9. The van der Waals surface area contributed by atoms with E-state index in [0.717, 1.165) is 44.0 Å². The predicted molar refractivity (Wildman–Crippen MR) is 126 cm³/mol. The molecule has 31 heavy (non-hydrogen) atoms. The minimum absolute atomic E-state index is 0.256. The van der Waals surface area contributed by atoms with E-state index in [0.29, 0.717) is 12.0 Å². The minimum atomic E-state index is -0.677. The molecular weight excluding hydrogens is 386 g/mol. The second-order valence-electron chi connectivity index (χ2n) is 10.7. The molecule has 1 saturated carbocycles. The first kappa shape index (κ1) is 22.1. The van der Waals surface area contributed by atoms with Gasteiger partial charge < -0.3 is 9.84 Å². The van der Waals surface area contributed by atoms with E-state index in [1.165, 1.54) is 34.7 Å². The van der Waals surface area contributed by atoms with E-state index in [4.69, 9.17) is 4.74 Å². The van der Waals surface area contributed by atoms with E-state index in [1.54, 1.807) is 0 Å². The summed E-state index contributed by atoms with van der Waals surface area (Å²) in [6.45, 7) is 11.4. The van der Waals surface area contributed by atoms with Crippen molar-refractivity contribution in [2.45, 2.75) is 72.4 Å². The molecule has 0 amide bonds. The Hall–Kier alpha value is -2.07. The average Bonchev–Trinajstić information content (AvgIpc) is 3.20. The topological polar surface area (TPSA) is 49.8 Å². The van der Waals surface area contributed by atoms with E-state index in [-0.39, 0.29) is 12.0 Å². The van der Waals surface area contributed by atoms with E-state index < -0.39 is 5.97 Å². The van der Waals surface area contributed by atoms with Crippen LogP contribution in [-0.4, -0.2) is 35.2 Å². The number of aryl methyl sites for hydroxylation is 1. The van der Waals surface area contributed by atoms with Gasteiger partial charge >= 0.3 is 5.97 Å². The predicted octanol–water partition coefficient (Wildman–Crippen LogP) is 6.04. The molecule has 2 aliphatic rings. The molecule has 1 atom stereocenters. The summed E-state index contributed by atoms with van der Waals surface area (Å²) < 4.78 is 6.68. The molecule has 1 saturated heterocycles. The lowest BCUT2D eigenvalue weighted by molar-refractivity contribution is -0.141. The maximum absolute atomic E-state index is 11.4. The Bertz CT molecular complexity index is 937. The number of carboxylic acid groups (broad SMARTS) is 1. The van der Waals surface area contributed by atoms with Gasteiger partial charge in [-0.25, -0.2) is 0 Å². The molecule has 168 valence electrons. The lowest BCUT2D eigenvalue weighted by atomic mass is 9.72. The number of hydrogen-bond donors (Lipinski definition) is 1. The monoisotopic (exact) mass is 423 g/mol. The Morgan fingerprint density at radius 1 is 1.10 bits per heavy atom. The number of fused-ring (bicyclic) bond motifs is 1. The van der Waals surface area contributed by atoms with Crippen molar-refractivity contribution < 1.29 is 14.6 Å². The number of ether oxygens (including phenoxy) is 1. The SMILES string of the molecule is Cc1cc(O[C@H]2CC[C@H](C(C)(C)C)CC2)c(CN2CC[C@H](C(=O)O)C2)c2ccccc12. The number of rotatable bonds is 5. The molecule has 4 rings (SSSR count). The minimum Gasteiger partial charge on any atom is -0.490 e. The van der Waals surface area contributed by atoms with Crippen LogP contribution in [0.15, 0.2) is 30.3 Å². The van der Waals surface area contributed by atoms with Crippen molar-refractivity contribution in [1.82, 2.24) is 4.90 Å². The second-order valence-corrected chi connectivity index (χ2v) is 10.7. The highest BCUT2D eigenvalue weighted by Crippen LogP contribution is 2.40. The normalized spacial score (nSPS) is 25.1. The summed E-state index contributed by atoms with van der Waals surface area (Å²) in [5.41, 5.74) is 2.82. The summed E-state index contributed by atoms with van der Waals surface area (Å²) in [7, 11) is 0. The average molecular weight is 424 g/mol. The Morgan fingerprint density at radius 2 is 1.77 bits per heavy atom. The fourth-order valence-corrected chi connectivity index (χ4v) is 5.48. The first-order valence-corrected chi connectivity index (χ1v) is 11.9. The summed E-state index contributed by atoms with van der Waals surface area (Å²) in [6, 6.07) is 10.7. The van der Waals surface area contributed by atoms with Gasteiger partial charge in [0.25, 0.3) is 0 Å². The molecule has 0 aromatic heterocycles. The van der Waals surface area contributed by atoms with Gasteiger partial charge in [0.2, 0.25) is 0 Å². The smallest absolute Gasteiger partial charge is 0.307 e. The lowest BCUT2D eigenvalue weighted by Crippen LogP contribution is -2.31. The van der Waals surface area contributed by atoms with Crippen LogP contribution in [0.5, 0.6) is 5.75 Å². The van der Waals surface area contributed by atoms with Gasteiger partial charge in [-0.1, -0.05) is 45.0 Å². The van der Waals surface area contributed by atoms with E-state index in [9.17, 15) is 9.90 Å². The van der Waals surface area contributed by atoms with Crippen LogP contribution in [0.25, 0.3) is 10.8 Å². The summed E-state index contributed by atoms with van der Waals surface area (Å²) in [5.74, 6) is 0.828. The number of aliphatic carboxylic acids is 1. The van der Waals surface area contributed by atoms with E-state index in [1.807, 2.05) is 0 Å². The zero-order valence-electron chi connectivity index (χ0n) is 19.5. The number of hydrogen-bond acceptors (Lipinski definition) is 3. The number of nitrogens with zero attached hydrogens (tertiary/aromatic N) is 1. The molecule has 1 aliphatic heterocycles. The van der Waals surface area contributed by atoms with Crippen molar-refractivity contribution in [3.8, 4) is 5.75 Å². The summed E-state index contributed by atoms with van der Waals surface area (Å²) in [4.78, 5) is 13.7. The third kappa shape index (κ3) is 4.90. The van der Waals surface area contributed by atoms with Gasteiger partial charge in [-0.2, -0.15) is 0 Å². The number of likely N-dealkylation sites (tertiary alicyclic amines) is 1. The number of carbonyl (C=O) groups is 1. The van der Waals surface area contributed by atoms with Crippen LogP contribution in [-0.2, 0) is 11.3 Å². The van der Waals surface area contributed by atoms with Crippen LogP contribution in [0.1, 0.15) is 64.0 Å². The van der Waals surface area contributed by atoms with Crippen LogP contribution in [0.2, 0.25) is 0 Å². The molecule has 0 unspecified atom stereocenters. The number of carboxylic acids is 1. The van der Waals surface area contributed by atoms with Crippen LogP contribution in [0, 0.1) is 24.2 Å². The molecule has 1 heterocycles. The largest absolute Gasteiger partial charge is 0.490 e. The van der Waals surface area contributed by atoms with Gasteiger partial charge in [0.1, 0.15) is 5.75 Å². The van der Waals surface area contributed by atoms with Crippen LogP contribution < -0.4 is 4.74 Å². The van der Waals surface area contributed by atoms with E-state index in [2.05, 4.69) is 62.9 Å². The fourth-order valence-electron chi connectivity index (χ4n) is 5.48. The van der Waals surface area contributed by atoms with Crippen LogP contribution in [0.4, 0.5) is 0 Å². The first-order chi connectivity index (χ1) is 14.7. The quantitative estimate of drug-likeness (QED) is 0.637. The molecule has 1 N–H and O–H groups in total. The molecule has 0 bridgehead atoms. The van der Waals surface area contributed by atoms with Gasteiger partial charge in [0, 0.05) is 18.7 Å². The van der Waals surface area contributed by atoms with Gasteiger partial charge in [0.15, 0.2) is 0 Å². The Kier molecular flexibility index (Phi) is 6.30. The summed E-state index contributed by atoms with van der Waals surface area (Å²) >= 11 is 0.